The quantitative estimate of drug-likeness (QED) is 0.830. The second kappa shape index (κ2) is 3.85. The minimum atomic E-state index is -3.09. The molecule has 5 nitrogen and oxygen atoms in total. The number of hydrogen-bond acceptors (Lipinski definition) is 4. The lowest BCUT2D eigenvalue weighted by molar-refractivity contribution is 0.0652. The van der Waals surface area contributed by atoms with Gasteiger partial charge in [0.05, 0.1) is 17.7 Å². The number of rotatable bonds is 3. The van der Waals surface area contributed by atoms with E-state index in [1.54, 1.807) is 17.1 Å². The molecule has 2 heterocycles. The van der Waals surface area contributed by atoms with E-state index in [0.717, 1.165) is 13.0 Å². The highest BCUT2D eigenvalue weighted by molar-refractivity contribution is 7.91. The summed E-state index contributed by atoms with van der Waals surface area (Å²) in [5.41, 5.74) is -0.618. The molecule has 0 radical (unpaired) electrons. The molecule has 2 rings (SSSR count). The number of aryl methyl sites for hydroxylation is 1. The zero-order valence-electron chi connectivity index (χ0n) is 9.26. The number of nitrogens with zero attached hydrogens (tertiary/aromatic N) is 2. The van der Waals surface area contributed by atoms with Crippen molar-refractivity contribution >= 4 is 9.84 Å². The maximum atomic E-state index is 11.4. The van der Waals surface area contributed by atoms with Crippen molar-refractivity contribution in [3.05, 3.63) is 18.0 Å². The highest BCUT2D eigenvalue weighted by Crippen LogP contribution is 2.33. The van der Waals surface area contributed by atoms with Crippen molar-refractivity contribution < 1.29 is 13.5 Å². The predicted octanol–water partition coefficient (Wildman–Crippen LogP) is 0.299. The molecule has 0 spiro atoms. The van der Waals surface area contributed by atoms with Crippen molar-refractivity contribution in [3.63, 3.8) is 0 Å². The first-order valence-electron chi connectivity index (χ1n) is 5.41. The smallest absolute Gasteiger partial charge is 0.153 e. The first-order chi connectivity index (χ1) is 7.45. The Balaban J connectivity index is 2.23. The Morgan fingerprint density at radius 1 is 1.62 bits per heavy atom. The number of sulfone groups is 1. The summed E-state index contributed by atoms with van der Waals surface area (Å²) < 4.78 is 24.5. The van der Waals surface area contributed by atoms with Gasteiger partial charge in [-0.15, -0.1) is 0 Å². The van der Waals surface area contributed by atoms with E-state index in [2.05, 4.69) is 5.10 Å². The fourth-order valence-corrected chi connectivity index (χ4v) is 3.85. The first kappa shape index (κ1) is 11.6. The molecule has 0 saturated carbocycles. The second-order valence-corrected chi connectivity index (χ2v) is 6.55. The van der Waals surface area contributed by atoms with E-state index >= 15 is 0 Å². The van der Waals surface area contributed by atoms with Gasteiger partial charge in [-0.3, -0.25) is 4.68 Å². The van der Waals surface area contributed by atoms with Crippen LogP contribution in [0.25, 0.3) is 0 Å². The Bertz CT molecular complexity index is 480. The van der Waals surface area contributed by atoms with Crippen LogP contribution in [0.1, 0.15) is 25.3 Å². The van der Waals surface area contributed by atoms with Crippen LogP contribution in [-0.4, -0.2) is 34.8 Å². The van der Waals surface area contributed by atoms with Crippen LogP contribution in [0.3, 0.4) is 0 Å². The number of aromatic nitrogens is 2. The number of aliphatic hydroxyl groups is 1. The Hall–Kier alpha value is -0.880. The first-order valence-corrected chi connectivity index (χ1v) is 7.23. The largest absolute Gasteiger partial charge is 0.384 e. The highest BCUT2D eigenvalue weighted by atomic mass is 32.2. The molecule has 0 aromatic carbocycles. The monoisotopic (exact) mass is 244 g/mol. The minimum Gasteiger partial charge on any atom is -0.384 e. The van der Waals surface area contributed by atoms with Crippen molar-refractivity contribution in [1.82, 2.24) is 9.78 Å². The SMILES string of the molecule is CCCn1cc(C2(O)CCS(=O)(=O)C2)cn1. The van der Waals surface area contributed by atoms with Crippen LogP contribution in [0, 0.1) is 0 Å². The van der Waals surface area contributed by atoms with Crippen molar-refractivity contribution in [3.8, 4) is 0 Å². The third kappa shape index (κ3) is 2.12. The van der Waals surface area contributed by atoms with E-state index in [4.69, 9.17) is 0 Å². The molecule has 1 fully saturated rings. The Kier molecular flexibility index (Phi) is 2.79. The third-order valence-corrected chi connectivity index (χ3v) is 4.65. The summed E-state index contributed by atoms with van der Waals surface area (Å²) in [5, 5.41) is 14.4. The van der Waals surface area contributed by atoms with Gasteiger partial charge in [-0.1, -0.05) is 6.92 Å². The van der Waals surface area contributed by atoms with Gasteiger partial charge < -0.3 is 5.11 Å². The lowest BCUT2D eigenvalue weighted by Crippen LogP contribution is -2.26. The minimum absolute atomic E-state index is 0.0580. The topological polar surface area (TPSA) is 72.2 Å². The number of hydrogen-bond donors (Lipinski definition) is 1. The average Bonchev–Trinajstić information content (AvgIpc) is 2.73. The molecule has 1 aliphatic heterocycles. The van der Waals surface area contributed by atoms with Crippen molar-refractivity contribution in [2.24, 2.45) is 0 Å². The lowest BCUT2D eigenvalue weighted by Gasteiger charge is -2.18. The van der Waals surface area contributed by atoms with E-state index < -0.39 is 15.4 Å². The normalized spacial score (nSPS) is 28.4. The maximum Gasteiger partial charge on any atom is 0.153 e. The van der Waals surface area contributed by atoms with E-state index in [1.165, 1.54) is 0 Å². The lowest BCUT2D eigenvalue weighted by atomic mass is 9.97. The predicted molar refractivity (Wildman–Crippen MR) is 59.7 cm³/mol. The van der Waals surface area contributed by atoms with Crippen LogP contribution >= 0.6 is 0 Å². The van der Waals surface area contributed by atoms with Crippen molar-refractivity contribution in [2.45, 2.75) is 31.9 Å². The van der Waals surface area contributed by atoms with Gasteiger partial charge >= 0.3 is 0 Å². The fourth-order valence-electron chi connectivity index (χ4n) is 2.02. The zero-order chi connectivity index (χ0) is 11.8. The third-order valence-electron chi connectivity index (χ3n) is 2.91. The standard InChI is InChI=1S/C10H16N2O3S/c1-2-4-12-7-9(6-11-12)10(13)3-5-16(14,15)8-10/h6-7,13H,2-5,8H2,1H3. The van der Waals surface area contributed by atoms with Crippen molar-refractivity contribution in [1.29, 1.82) is 0 Å². The van der Waals surface area contributed by atoms with E-state index in [0.29, 0.717) is 5.56 Å². The Morgan fingerprint density at radius 3 is 2.94 bits per heavy atom. The van der Waals surface area contributed by atoms with E-state index in [9.17, 15) is 13.5 Å². The van der Waals surface area contributed by atoms with Gasteiger partial charge in [0.2, 0.25) is 0 Å². The van der Waals surface area contributed by atoms with Gasteiger partial charge in [0.1, 0.15) is 5.60 Å². The highest BCUT2D eigenvalue weighted by Gasteiger charge is 2.42. The van der Waals surface area contributed by atoms with Crippen LogP contribution in [0.2, 0.25) is 0 Å². The molecule has 1 saturated heterocycles. The van der Waals surface area contributed by atoms with Crippen LogP contribution < -0.4 is 0 Å². The zero-order valence-corrected chi connectivity index (χ0v) is 10.1. The molecule has 16 heavy (non-hydrogen) atoms. The summed E-state index contributed by atoms with van der Waals surface area (Å²) in [7, 11) is -3.09. The molecule has 0 amide bonds. The van der Waals surface area contributed by atoms with Crippen LogP contribution in [0.4, 0.5) is 0 Å². The fraction of sp³-hybridized carbons (Fsp3) is 0.700. The molecule has 0 aliphatic carbocycles. The molecule has 1 aromatic heterocycles. The summed E-state index contributed by atoms with van der Waals surface area (Å²) in [4.78, 5) is 0. The summed E-state index contributed by atoms with van der Waals surface area (Å²) in [5.74, 6) is -0.125. The summed E-state index contributed by atoms with van der Waals surface area (Å²) in [6.45, 7) is 2.82. The van der Waals surface area contributed by atoms with Gasteiger partial charge in [-0.05, 0) is 12.8 Å². The Morgan fingerprint density at radius 2 is 2.38 bits per heavy atom. The van der Waals surface area contributed by atoms with Crippen LogP contribution in [0.15, 0.2) is 12.4 Å². The molecular weight excluding hydrogens is 228 g/mol. The Labute approximate surface area is 95.0 Å². The maximum absolute atomic E-state index is 11.4. The molecule has 1 N–H and O–H groups in total. The summed E-state index contributed by atoms with van der Waals surface area (Å²) in [6.07, 6.45) is 4.53. The molecule has 1 aromatic rings. The molecule has 0 bridgehead atoms. The molecular formula is C10H16N2O3S. The molecule has 1 aliphatic rings. The van der Waals surface area contributed by atoms with Gasteiger partial charge in [0, 0.05) is 18.3 Å². The molecule has 90 valence electrons. The van der Waals surface area contributed by atoms with Gasteiger partial charge in [0.25, 0.3) is 0 Å². The van der Waals surface area contributed by atoms with E-state index in [1.807, 2.05) is 6.92 Å². The second-order valence-electron chi connectivity index (χ2n) is 4.37. The molecule has 1 atom stereocenters. The van der Waals surface area contributed by atoms with Crippen LogP contribution in [-0.2, 0) is 22.0 Å². The average molecular weight is 244 g/mol. The van der Waals surface area contributed by atoms with Gasteiger partial charge in [-0.25, -0.2) is 8.42 Å². The summed E-state index contributed by atoms with van der Waals surface area (Å²) in [6, 6.07) is 0. The van der Waals surface area contributed by atoms with Gasteiger partial charge in [0.15, 0.2) is 9.84 Å². The summed E-state index contributed by atoms with van der Waals surface area (Å²) >= 11 is 0. The molecule has 6 heteroatoms. The molecule has 1 unspecified atom stereocenters. The van der Waals surface area contributed by atoms with E-state index in [-0.39, 0.29) is 17.9 Å². The van der Waals surface area contributed by atoms with Crippen LogP contribution in [0.5, 0.6) is 0 Å². The van der Waals surface area contributed by atoms with Gasteiger partial charge in [-0.2, -0.15) is 5.10 Å². The van der Waals surface area contributed by atoms with Crippen molar-refractivity contribution in [2.75, 3.05) is 11.5 Å².